The van der Waals surface area contributed by atoms with Crippen LogP contribution >= 0.6 is 0 Å². The highest BCUT2D eigenvalue weighted by atomic mass is 16.5. The minimum atomic E-state index is -0.0814. The summed E-state index contributed by atoms with van der Waals surface area (Å²) >= 11 is 0. The number of amides is 1. The van der Waals surface area contributed by atoms with Gasteiger partial charge in [0, 0.05) is 25.1 Å². The molecule has 1 N–H and O–H groups in total. The zero-order valence-corrected chi connectivity index (χ0v) is 15.2. The maximum atomic E-state index is 12.5. The lowest BCUT2D eigenvalue weighted by Crippen LogP contribution is -2.22. The Morgan fingerprint density at radius 3 is 2.85 bits per heavy atom. The van der Waals surface area contributed by atoms with Crippen molar-refractivity contribution in [3.8, 4) is 5.75 Å². The van der Waals surface area contributed by atoms with Gasteiger partial charge in [-0.2, -0.15) is 0 Å². The largest absolute Gasteiger partial charge is 0.497 e. The number of hydrogen-bond donors (Lipinski definition) is 1. The molecule has 0 saturated heterocycles. The van der Waals surface area contributed by atoms with Crippen molar-refractivity contribution in [2.24, 2.45) is 5.92 Å². The molecule has 1 unspecified atom stereocenters. The molecule has 3 aromatic rings. The Labute approximate surface area is 153 Å². The topological polar surface area (TPSA) is 56.1 Å². The Morgan fingerprint density at radius 2 is 2.08 bits per heavy atom. The second-order valence-electron chi connectivity index (χ2n) is 7.01. The fraction of sp³-hybridized carbons (Fsp3) is 0.333. The molecule has 5 nitrogen and oxygen atoms in total. The summed E-state index contributed by atoms with van der Waals surface area (Å²) in [6.07, 6.45) is 2.19. The number of nitrogens with one attached hydrogen (secondary N) is 1. The maximum absolute atomic E-state index is 12.5. The van der Waals surface area contributed by atoms with Gasteiger partial charge in [-0.1, -0.05) is 19.1 Å². The van der Waals surface area contributed by atoms with Gasteiger partial charge in [-0.25, -0.2) is 4.98 Å². The van der Waals surface area contributed by atoms with E-state index in [0.29, 0.717) is 18.0 Å². The highest BCUT2D eigenvalue weighted by Crippen LogP contribution is 2.25. The number of fused-ring (bicyclic) bond motifs is 3. The number of hydrogen-bond acceptors (Lipinski definition) is 3. The standard InChI is InChI=1S/C21H23N3O2/c1-14-9-10-24-19-8-5-16(12-18(19)23-20(24)11-14)21(25)22-13-15-3-6-17(26-2)7-4-15/h3-8,12,14H,9-11,13H2,1-2H3,(H,22,25). The van der Waals surface area contributed by atoms with Gasteiger partial charge in [0.1, 0.15) is 11.6 Å². The van der Waals surface area contributed by atoms with Crippen LogP contribution in [-0.4, -0.2) is 22.6 Å². The number of methoxy groups -OCH3 is 1. The molecule has 26 heavy (non-hydrogen) atoms. The summed E-state index contributed by atoms with van der Waals surface area (Å²) in [5.41, 5.74) is 3.71. The molecule has 0 aliphatic carbocycles. The Balaban J connectivity index is 1.49. The third-order valence-electron chi connectivity index (χ3n) is 5.08. The minimum absolute atomic E-state index is 0.0814. The maximum Gasteiger partial charge on any atom is 0.251 e. The molecule has 0 radical (unpaired) electrons. The molecular formula is C21H23N3O2. The zero-order chi connectivity index (χ0) is 18.1. The molecule has 4 rings (SSSR count). The van der Waals surface area contributed by atoms with Crippen molar-refractivity contribution in [3.63, 3.8) is 0 Å². The summed E-state index contributed by atoms with van der Waals surface area (Å²) in [6.45, 7) is 3.76. The number of nitrogens with zero attached hydrogens (tertiary/aromatic N) is 2. The minimum Gasteiger partial charge on any atom is -0.497 e. The van der Waals surface area contributed by atoms with E-state index in [1.54, 1.807) is 7.11 Å². The lowest BCUT2D eigenvalue weighted by Gasteiger charge is -2.19. The van der Waals surface area contributed by atoms with Crippen LogP contribution in [0.15, 0.2) is 42.5 Å². The predicted molar refractivity (Wildman–Crippen MR) is 101 cm³/mol. The van der Waals surface area contributed by atoms with E-state index in [2.05, 4.69) is 16.8 Å². The van der Waals surface area contributed by atoms with Crippen LogP contribution in [0.25, 0.3) is 11.0 Å². The first kappa shape index (κ1) is 16.6. The summed E-state index contributed by atoms with van der Waals surface area (Å²) < 4.78 is 7.44. The Morgan fingerprint density at radius 1 is 1.27 bits per heavy atom. The van der Waals surface area contributed by atoms with E-state index in [0.717, 1.165) is 41.1 Å². The van der Waals surface area contributed by atoms with Crippen molar-refractivity contribution in [1.82, 2.24) is 14.9 Å². The molecule has 2 aromatic carbocycles. The van der Waals surface area contributed by atoms with E-state index in [4.69, 9.17) is 9.72 Å². The molecule has 134 valence electrons. The van der Waals surface area contributed by atoms with Crippen LogP contribution in [0.4, 0.5) is 0 Å². The molecule has 0 fully saturated rings. The number of aryl methyl sites for hydroxylation is 1. The lowest BCUT2D eigenvalue weighted by molar-refractivity contribution is 0.0951. The van der Waals surface area contributed by atoms with Crippen LogP contribution in [0.3, 0.4) is 0 Å². The molecule has 1 atom stereocenters. The van der Waals surface area contributed by atoms with Gasteiger partial charge in [0.15, 0.2) is 0 Å². The van der Waals surface area contributed by atoms with Gasteiger partial charge in [-0.3, -0.25) is 4.79 Å². The first-order valence-corrected chi connectivity index (χ1v) is 9.04. The fourth-order valence-corrected chi connectivity index (χ4v) is 3.52. The van der Waals surface area contributed by atoms with E-state index < -0.39 is 0 Å². The van der Waals surface area contributed by atoms with Gasteiger partial charge in [0.25, 0.3) is 5.91 Å². The second-order valence-corrected chi connectivity index (χ2v) is 7.01. The number of aromatic nitrogens is 2. The van der Waals surface area contributed by atoms with Crippen molar-refractivity contribution in [1.29, 1.82) is 0 Å². The van der Waals surface area contributed by atoms with Crippen molar-refractivity contribution in [2.45, 2.75) is 32.9 Å². The average Bonchev–Trinajstić information content (AvgIpc) is 3.02. The SMILES string of the molecule is COc1ccc(CNC(=O)c2ccc3c(c2)nc2n3CCC(C)C2)cc1. The Bertz CT molecular complexity index is 944. The number of imidazole rings is 1. The summed E-state index contributed by atoms with van der Waals surface area (Å²) in [6, 6.07) is 13.5. The quantitative estimate of drug-likeness (QED) is 0.783. The zero-order valence-electron chi connectivity index (χ0n) is 15.2. The highest BCUT2D eigenvalue weighted by molar-refractivity contribution is 5.97. The normalized spacial score (nSPS) is 16.3. The summed E-state index contributed by atoms with van der Waals surface area (Å²) in [4.78, 5) is 17.3. The van der Waals surface area contributed by atoms with Crippen LogP contribution in [0.2, 0.25) is 0 Å². The summed E-state index contributed by atoms with van der Waals surface area (Å²) in [7, 11) is 1.64. The smallest absolute Gasteiger partial charge is 0.251 e. The monoisotopic (exact) mass is 349 g/mol. The van der Waals surface area contributed by atoms with Crippen LogP contribution in [0, 0.1) is 5.92 Å². The third-order valence-corrected chi connectivity index (χ3v) is 5.08. The molecule has 5 heteroatoms. The van der Waals surface area contributed by atoms with Gasteiger partial charge < -0.3 is 14.6 Å². The molecule has 2 heterocycles. The molecular weight excluding hydrogens is 326 g/mol. The van der Waals surface area contributed by atoms with Crippen LogP contribution in [0.5, 0.6) is 5.75 Å². The van der Waals surface area contributed by atoms with Gasteiger partial charge in [0.05, 0.1) is 18.1 Å². The molecule has 1 aliphatic heterocycles. The van der Waals surface area contributed by atoms with E-state index in [9.17, 15) is 4.79 Å². The molecule has 1 aliphatic rings. The molecule has 0 saturated carbocycles. The number of ether oxygens (including phenoxy) is 1. The summed E-state index contributed by atoms with van der Waals surface area (Å²) in [5, 5.41) is 2.97. The van der Waals surface area contributed by atoms with E-state index in [1.807, 2.05) is 42.5 Å². The average molecular weight is 349 g/mol. The number of benzene rings is 2. The molecule has 1 aromatic heterocycles. The van der Waals surface area contributed by atoms with Gasteiger partial charge >= 0.3 is 0 Å². The number of carbonyl (C=O) groups excluding carboxylic acids is 1. The lowest BCUT2D eigenvalue weighted by atomic mass is 10.0. The Hall–Kier alpha value is -2.82. The molecule has 0 bridgehead atoms. The van der Waals surface area contributed by atoms with E-state index in [1.165, 1.54) is 6.42 Å². The van der Waals surface area contributed by atoms with Gasteiger partial charge in [-0.15, -0.1) is 0 Å². The van der Waals surface area contributed by atoms with Crippen molar-refractivity contribution >= 4 is 16.9 Å². The summed E-state index contributed by atoms with van der Waals surface area (Å²) in [5.74, 6) is 2.53. The van der Waals surface area contributed by atoms with Crippen molar-refractivity contribution < 1.29 is 9.53 Å². The predicted octanol–water partition coefficient (Wildman–Crippen LogP) is 3.56. The van der Waals surface area contributed by atoms with Crippen LogP contribution in [-0.2, 0) is 19.5 Å². The van der Waals surface area contributed by atoms with Gasteiger partial charge in [-0.05, 0) is 48.2 Å². The van der Waals surface area contributed by atoms with E-state index >= 15 is 0 Å². The fourth-order valence-electron chi connectivity index (χ4n) is 3.52. The highest BCUT2D eigenvalue weighted by Gasteiger charge is 2.19. The number of rotatable bonds is 4. The van der Waals surface area contributed by atoms with E-state index in [-0.39, 0.29) is 5.91 Å². The first-order chi connectivity index (χ1) is 12.6. The molecule has 0 spiro atoms. The van der Waals surface area contributed by atoms with Crippen molar-refractivity contribution in [3.05, 3.63) is 59.4 Å². The molecule has 1 amide bonds. The number of carbonyl (C=O) groups is 1. The third kappa shape index (κ3) is 3.17. The van der Waals surface area contributed by atoms with Crippen LogP contribution in [0.1, 0.15) is 35.1 Å². The van der Waals surface area contributed by atoms with Gasteiger partial charge in [0.2, 0.25) is 0 Å². The first-order valence-electron chi connectivity index (χ1n) is 9.04. The Kier molecular flexibility index (Phi) is 4.37. The van der Waals surface area contributed by atoms with Crippen molar-refractivity contribution in [2.75, 3.05) is 7.11 Å². The second kappa shape index (κ2) is 6.83. The van der Waals surface area contributed by atoms with Crippen LogP contribution < -0.4 is 10.1 Å².